The highest BCUT2D eigenvalue weighted by atomic mass is 16.5. The van der Waals surface area contributed by atoms with Gasteiger partial charge in [-0.05, 0) is 45.4 Å². The van der Waals surface area contributed by atoms with E-state index in [0.29, 0.717) is 5.92 Å². The van der Waals surface area contributed by atoms with Crippen LogP contribution < -0.4 is 0 Å². The van der Waals surface area contributed by atoms with E-state index in [9.17, 15) is 9.90 Å². The van der Waals surface area contributed by atoms with Gasteiger partial charge in [-0.2, -0.15) is 0 Å². The Morgan fingerprint density at radius 1 is 1.33 bits per heavy atom. The molecule has 0 unspecified atom stereocenters. The zero-order valence-electron chi connectivity index (χ0n) is 9.48. The minimum absolute atomic E-state index is 0.0599. The number of ether oxygens (including phenoxy) is 1. The van der Waals surface area contributed by atoms with Crippen LogP contribution in [-0.4, -0.2) is 23.3 Å². The van der Waals surface area contributed by atoms with Crippen LogP contribution >= 0.6 is 0 Å². The topological polar surface area (TPSA) is 46.5 Å². The fourth-order valence-electron chi connectivity index (χ4n) is 1.78. The third kappa shape index (κ3) is 4.98. The first-order valence-electron chi connectivity index (χ1n) is 5.65. The highest BCUT2D eigenvalue weighted by Crippen LogP contribution is 2.24. The molecule has 3 nitrogen and oxygen atoms in total. The van der Waals surface area contributed by atoms with Crippen LogP contribution in [0.4, 0.5) is 0 Å². The van der Waals surface area contributed by atoms with Crippen molar-refractivity contribution in [2.75, 3.05) is 0 Å². The molecule has 0 saturated heterocycles. The molecular weight excluding hydrogens is 192 g/mol. The molecule has 15 heavy (non-hydrogen) atoms. The lowest BCUT2D eigenvalue weighted by Crippen LogP contribution is -2.17. The SMILES string of the molecule is CC(C)OC(=O)C=CC1CCC(O)CC1. The fraction of sp³-hybridized carbons (Fsp3) is 0.750. The lowest BCUT2D eigenvalue weighted by molar-refractivity contribution is -0.141. The van der Waals surface area contributed by atoms with E-state index in [1.165, 1.54) is 6.08 Å². The molecule has 0 heterocycles. The molecule has 0 aromatic rings. The van der Waals surface area contributed by atoms with Crippen LogP contribution in [0.1, 0.15) is 39.5 Å². The number of carbonyl (C=O) groups is 1. The molecule has 0 aromatic heterocycles. The summed E-state index contributed by atoms with van der Waals surface area (Å²) < 4.78 is 4.99. The standard InChI is InChI=1S/C12H20O3/c1-9(2)15-12(14)8-5-10-3-6-11(13)7-4-10/h5,8-11,13H,3-4,6-7H2,1-2H3. The van der Waals surface area contributed by atoms with Gasteiger partial charge in [0.2, 0.25) is 0 Å². The largest absolute Gasteiger partial charge is 0.460 e. The lowest BCUT2D eigenvalue weighted by Gasteiger charge is -2.22. The van der Waals surface area contributed by atoms with Gasteiger partial charge in [0.25, 0.3) is 0 Å². The number of aliphatic hydroxyl groups excluding tert-OH is 1. The average molecular weight is 212 g/mol. The Kier molecular flexibility index (Phi) is 4.82. The third-order valence-corrected chi connectivity index (χ3v) is 2.60. The van der Waals surface area contributed by atoms with E-state index in [-0.39, 0.29) is 18.2 Å². The summed E-state index contributed by atoms with van der Waals surface area (Å²) in [4.78, 5) is 11.2. The van der Waals surface area contributed by atoms with Crippen molar-refractivity contribution in [3.05, 3.63) is 12.2 Å². The van der Waals surface area contributed by atoms with Crippen LogP contribution in [0, 0.1) is 5.92 Å². The number of hydrogen-bond donors (Lipinski definition) is 1. The van der Waals surface area contributed by atoms with E-state index in [2.05, 4.69) is 0 Å². The molecule has 0 aliphatic heterocycles. The summed E-state index contributed by atoms with van der Waals surface area (Å²) in [6.45, 7) is 3.67. The van der Waals surface area contributed by atoms with E-state index in [1.54, 1.807) is 0 Å². The van der Waals surface area contributed by atoms with Crippen LogP contribution in [0.15, 0.2) is 12.2 Å². The van der Waals surface area contributed by atoms with Gasteiger partial charge in [-0.1, -0.05) is 6.08 Å². The quantitative estimate of drug-likeness (QED) is 0.575. The van der Waals surface area contributed by atoms with Gasteiger partial charge in [0.05, 0.1) is 12.2 Å². The summed E-state index contributed by atoms with van der Waals surface area (Å²) in [5.74, 6) is 0.157. The maximum atomic E-state index is 11.2. The summed E-state index contributed by atoms with van der Waals surface area (Å²) in [5, 5.41) is 9.31. The van der Waals surface area contributed by atoms with Crippen molar-refractivity contribution < 1.29 is 14.6 Å². The number of carbonyl (C=O) groups excluding carboxylic acids is 1. The number of aliphatic hydroxyl groups is 1. The van der Waals surface area contributed by atoms with Gasteiger partial charge in [0.15, 0.2) is 0 Å². The molecule has 1 aliphatic carbocycles. The molecule has 1 rings (SSSR count). The Bertz CT molecular complexity index is 225. The van der Waals surface area contributed by atoms with E-state index < -0.39 is 0 Å². The maximum absolute atomic E-state index is 11.2. The van der Waals surface area contributed by atoms with E-state index >= 15 is 0 Å². The Balaban J connectivity index is 2.28. The molecule has 1 N–H and O–H groups in total. The predicted molar refractivity (Wildman–Crippen MR) is 58.3 cm³/mol. The fourth-order valence-corrected chi connectivity index (χ4v) is 1.78. The Hall–Kier alpha value is -0.830. The molecular formula is C12H20O3. The van der Waals surface area contributed by atoms with Gasteiger partial charge >= 0.3 is 5.97 Å². The summed E-state index contributed by atoms with van der Waals surface area (Å²) in [6.07, 6.45) is 6.84. The van der Waals surface area contributed by atoms with Crippen molar-refractivity contribution in [3.8, 4) is 0 Å². The highest BCUT2D eigenvalue weighted by molar-refractivity contribution is 5.82. The van der Waals surface area contributed by atoms with Crippen LogP contribution in [-0.2, 0) is 9.53 Å². The van der Waals surface area contributed by atoms with Gasteiger partial charge in [0, 0.05) is 6.08 Å². The zero-order chi connectivity index (χ0) is 11.3. The van der Waals surface area contributed by atoms with Crippen LogP contribution in [0.5, 0.6) is 0 Å². The second kappa shape index (κ2) is 5.91. The minimum atomic E-state index is -0.267. The van der Waals surface area contributed by atoms with Gasteiger partial charge in [0.1, 0.15) is 0 Å². The molecule has 0 bridgehead atoms. The summed E-state index contributed by atoms with van der Waals surface area (Å²) in [7, 11) is 0. The molecule has 0 radical (unpaired) electrons. The van der Waals surface area contributed by atoms with Crippen LogP contribution in [0.3, 0.4) is 0 Å². The van der Waals surface area contributed by atoms with E-state index in [4.69, 9.17) is 4.74 Å². The molecule has 3 heteroatoms. The number of hydrogen-bond acceptors (Lipinski definition) is 3. The first-order chi connectivity index (χ1) is 7.08. The van der Waals surface area contributed by atoms with Crippen LogP contribution in [0.25, 0.3) is 0 Å². The zero-order valence-corrected chi connectivity index (χ0v) is 9.48. The van der Waals surface area contributed by atoms with Crippen molar-refractivity contribution in [1.82, 2.24) is 0 Å². The second-order valence-corrected chi connectivity index (χ2v) is 4.41. The molecule has 0 atom stereocenters. The lowest BCUT2D eigenvalue weighted by atomic mass is 9.87. The molecule has 86 valence electrons. The van der Waals surface area contributed by atoms with Crippen molar-refractivity contribution in [2.24, 2.45) is 5.92 Å². The summed E-state index contributed by atoms with van der Waals surface area (Å²) >= 11 is 0. The Labute approximate surface area is 91.1 Å². The van der Waals surface area contributed by atoms with Crippen molar-refractivity contribution in [1.29, 1.82) is 0 Å². The minimum Gasteiger partial charge on any atom is -0.460 e. The Morgan fingerprint density at radius 2 is 1.93 bits per heavy atom. The summed E-state index contributed by atoms with van der Waals surface area (Å²) in [5.41, 5.74) is 0. The van der Waals surface area contributed by atoms with Gasteiger partial charge in [-0.15, -0.1) is 0 Å². The monoisotopic (exact) mass is 212 g/mol. The van der Waals surface area contributed by atoms with Crippen molar-refractivity contribution in [3.63, 3.8) is 0 Å². The Morgan fingerprint density at radius 3 is 2.47 bits per heavy atom. The highest BCUT2D eigenvalue weighted by Gasteiger charge is 2.17. The number of esters is 1. The molecule has 1 fully saturated rings. The molecule has 1 saturated carbocycles. The molecule has 0 spiro atoms. The van der Waals surface area contributed by atoms with Gasteiger partial charge in [-0.25, -0.2) is 4.79 Å². The predicted octanol–water partition coefficient (Wildman–Crippen LogP) is 2.05. The smallest absolute Gasteiger partial charge is 0.330 e. The molecule has 0 aromatic carbocycles. The van der Waals surface area contributed by atoms with Gasteiger partial charge in [-0.3, -0.25) is 0 Å². The first-order valence-corrected chi connectivity index (χ1v) is 5.65. The normalized spacial score (nSPS) is 27.2. The van der Waals surface area contributed by atoms with E-state index in [1.807, 2.05) is 19.9 Å². The second-order valence-electron chi connectivity index (χ2n) is 4.41. The third-order valence-electron chi connectivity index (χ3n) is 2.60. The molecule has 1 aliphatic rings. The van der Waals surface area contributed by atoms with E-state index in [0.717, 1.165) is 25.7 Å². The van der Waals surface area contributed by atoms with Crippen molar-refractivity contribution in [2.45, 2.75) is 51.7 Å². The molecule has 0 amide bonds. The van der Waals surface area contributed by atoms with Crippen molar-refractivity contribution >= 4 is 5.97 Å². The van der Waals surface area contributed by atoms with Crippen LogP contribution in [0.2, 0.25) is 0 Å². The first kappa shape index (κ1) is 12.2. The number of allylic oxidation sites excluding steroid dienone is 1. The average Bonchev–Trinajstić information content (AvgIpc) is 2.16. The van der Waals surface area contributed by atoms with Gasteiger partial charge < -0.3 is 9.84 Å². The summed E-state index contributed by atoms with van der Waals surface area (Å²) in [6, 6.07) is 0. The maximum Gasteiger partial charge on any atom is 0.330 e. The number of rotatable bonds is 3.